The Morgan fingerprint density at radius 3 is 2.50 bits per heavy atom. The van der Waals surface area contributed by atoms with Crippen molar-refractivity contribution in [2.45, 2.75) is 31.1 Å². The number of benzene rings is 2. The lowest BCUT2D eigenvalue weighted by molar-refractivity contribution is -0.114. The summed E-state index contributed by atoms with van der Waals surface area (Å²) in [5, 5.41) is 3.32. The molecule has 0 atom stereocenters. The van der Waals surface area contributed by atoms with Gasteiger partial charge in [0.25, 0.3) is 10.0 Å². The third kappa shape index (κ3) is 4.82. The number of ether oxygens (including phenoxy) is 1. The first-order valence-electron chi connectivity index (χ1n) is 10.8. The van der Waals surface area contributed by atoms with E-state index in [4.69, 9.17) is 16.3 Å². The molecule has 4 rings (SSSR count). The van der Waals surface area contributed by atoms with Crippen LogP contribution in [0.25, 0.3) is 0 Å². The van der Waals surface area contributed by atoms with Crippen LogP contribution in [0.2, 0.25) is 5.02 Å². The lowest BCUT2D eigenvalue weighted by Crippen LogP contribution is -2.38. The lowest BCUT2D eigenvalue weighted by atomic mass is 10.1. The molecule has 2 aromatic carbocycles. The summed E-state index contributed by atoms with van der Waals surface area (Å²) in [5.74, 6) is -1.08. The fourth-order valence-electron chi connectivity index (χ4n) is 3.88. The number of para-hydroxylation sites is 1. The zero-order valence-corrected chi connectivity index (χ0v) is 20.8. The van der Waals surface area contributed by atoms with Crippen LogP contribution in [-0.4, -0.2) is 33.4 Å². The maximum atomic E-state index is 13.5. The Balaban J connectivity index is 1.67. The zero-order chi connectivity index (χ0) is 24.3. The molecular formula is C24H23ClN2O5S2. The van der Waals surface area contributed by atoms with Crippen molar-refractivity contribution in [3.8, 4) is 0 Å². The van der Waals surface area contributed by atoms with Crippen LogP contribution in [0.1, 0.15) is 34.1 Å². The summed E-state index contributed by atoms with van der Waals surface area (Å²) in [5.41, 5.74) is 1.45. The number of sulfonamides is 1. The summed E-state index contributed by atoms with van der Waals surface area (Å²) in [4.78, 5) is 26.8. The van der Waals surface area contributed by atoms with E-state index in [2.05, 4.69) is 5.32 Å². The van der Waals surface area contributed by atoms with Gasteiger partial charge in [-0.05, 0) is 56.0 Å². The highest BCUT2D eigenvalue weighted by Gasteiger charge is 2.31. The number of amides is 1. The molecule has 34 heavy (non-hydrogen) atoms. The molecule has 0 aliphatic heterocycles. The van der Waals surface area contributed by atoms with Gasteiger partial charge in [-0.3, -0.25) is 9.10 Å². The minimum Gasteiger partial charge on any atom is -0.462 e. The van der Waals surface area contributed by atoms with E-state index in [0.29, 0.717) is 10.6 Å². The number of nitrogens with zero attached hydrogens (tertiary/aromatic N) is 1. The first-order valence-corrected chi connectivity index (χ1v) is 13.4. The van der Waals surface area contributed by atoms with Gasteiger partial charge in [0.15, 0.2) is 0 Å². The fourth-order valence-corrected chi connectivity index (χ4v) is 6.92. The number of hydrogen-bond donors (Lipinski definition) is 1. The third-order valence-corrected chi connectivity index (χ3v) is 8.69. The molecule has 0 radical (unpaired) electrons. The third-order valence-electron chi connectivity index (χ3n) is 5.39. The lowest BCUT2D eigenvalue weighted by Gasteiger charge is -2.25. The van der Waals surface area contributed by atoms with Crippen LogP contribution in [-0.2, 0) is 32.4 Å². The number of anilines is 2. The maximum absolute atomic E-state index is 13.5. The van der Waals surface area contributed by atoms with Gasteiger partial charge in [0, 0.05) is 4.88 Å². The smallest absolute Gasteiger partial charge is 0.341 e. The van der Waals surface area contributed by atoms with Crippen LogP contribution in [0, 0.1) is 0 Å². The number of halogens is 1. The molecule has 178 valence electrons. The molecule has 0 fully saturated rings. The molecule has 0 spiro atoms. The first-order chi connectivity index (χ1) is 16.3. The molecule has 1 aliphatic carbocycles. The van der Waals surface area contributed by atoms with Gasteiger partial charge in [-0.1, -0.05) is 41.9 Å². The molecule has 0 bridgehead atoms. The topological polar surface area (TPSA) is 92.8 Å². The van der Waals surface area contributed by atoms with Crippen LogP contribution in [0.3, 0.4) is 0 Å². The number of thiophene rings is 1. The van der Waals surface area contributed by atoms with Crippen molar-refractivity contribution >= 4 is 55.5 Å². The Bertz CT molecular complexity index is 1320. The molecule has 3 aromatic rings. The molecule has 10 heteroatoms. The minimum atomic E-state index is -4.10. The summed E-state index contributed by atoms with van der Waals surface area (Å²) in [6, 6.07) is 14.3. The first kappa shape index (κ1) is 24.3. The van der Waals surface area contributed by atoms with Crippen LogP contribution >= 0.6 is 22.9 Å². The van der Waals surface area contributed by atoms with E-state index in [0.717, 1.165) is 34.0 Å². The van der Waals surface area contributed by atoms with Crippen molar-refractivity contribution in [1.29, 1.82) is 0 Å². The second-order valence-electron chi connectivity index (χ2n) is 7.61. The average Bonchev–Trinajstić information content (AvgIpc) is 3.39. The van der Waals surface area contributed by atoms with Crippen LogP contribution in [0.4, 0.5) is 10.7 Å². The van der Waals surface area contributed by atoms with Crippen LogP contribution in [0.15, 0.2) is 59.5 Å². The Kier molecular flexibility index (Phi) is 7.25. The summed E-state index contributed by atoms with van der Waals surface area (Å²) < 4.78 is 33.1. The standard InChI is InChI=1S/C24H23ClN2O5S2/c1-2-32-24(29)22-17-11-8-14-20(17)33-23(22)26-21(28)15-27(19-13-7-6-12-18(19)25)34(30,31)16-9-4-3-5-10-16/h3-7,9-10,12-13H,2,8,11,14-15H2,1H3,(H,26,28). The second-order valence-corrected chi connectivity index (χ2v) is 11.0. The monoisotopic (exact) mass is 518 g/mol. The van der Waals surface area contributed by atoms with Crippen molar-refractivity contribution in [3.63, 3.8) is 0 Å². The molecular weight excluding hydrogens is 496 g/mol. The summed E-state index contributed by atoms with van der Waals surface area (Å²) in [6.45, 7) is 1.41. The number of carbonyl (C=O) groups excluding carboxylic acids is 2. The van der Waals surface area contributed by atoms with E-state index in [9.17, 15) is 18.0 Å². The number of hydrogen-bond acceptors (Lipinski definition) is 6. The Labute approximate surface area is 207 Å². The molecule has 1 aromatic heterocycles. The van der Waals surface area contributed by atoms with Crippen molar-refractivity contribution in [2.24, 2.45) is 0 Å². The Morgan fingerprint density at radius 2 is 1.79 bits per heavy atom. The van der Waals surface area contributed by atoms with E-state index in [1.165, 1.54) is 23.5 Å². The van der Waals surface area contributed by atoms with Crippen molar-refractivity contribution in [3.05, 3.63) is 75.6 Å². The average molecular weight is 519 g/mol. The number of aryl methyl sites for hydroxylation is 1. The molecule has 1 aliphatic rings. The van der Waals surface area contributed by atoms with Gasteiger partial charge in [-0.15, -0.1) is 11.3 Å². The van der Waals surface area contributed by atoms with Gasteiger partial charge >= 0.3 is 5.97 Å². The second kappa shape index (κ2) is 10.2. The number of esters is 1. The van der Waals surface area contributed by atoms with Gasteiger partial charge in [0.05, 0.1) is 27.8 Å². The number of carbonyl (C=O) groups is 2. The van der Waals surface area contributed by atoms with Crippen molar-refractivity contribution in [1.82, 2.24) is 0 Å². The normalized spacial score (nSPS) is 12.8. The van der Waals surface area contributed by atoms with Crippen molar-refractivity contribution in [2.75, 3.05) is 22.8 Å². The van der Waals surface area contributed by atoms with E-state index in [1.54, 1.807) is 49.4 Å². The van der Waals surface area contributed by atoms with E-state index >= 15 is 0 Å². The van der Waals surface area contributed by atoms with Crippen molar-refractivity contribution < 1.29 is 22.7 Å². The number of fused-ring (bicyclic) bond motifs is 1. The fraction of sp³-hybridized carbons (Fsp3) is 0.250. The number of nitrogens with one attached hydrogen (secondary N) is 1. The zero-order valence-electron chi connectivity index (χ0n) is 18.4. The SMILES string of the molecule is CCOC(=O)c1c(NC(=O)CN(c2ccccc2Cl)S(=O)(=O)c2ccccc2)sc2c1CCC2. The highest BCUT2D eigenvalue weighted by atomic mass is 35.5. The summed E-state index contributed by atoms with van der Waals surface area (Å²) >= 11 is 7.65. The molecule has 1 N–H and O–H groups in total. The molecule has 7 nitrogen and oxygen atoms in total. The van der Waals surface area contributed by atoms with Gasteiger partial charge in [-0.25, -0.2) is 13.2 Å². The maximum Gasteiger partial charge on any atom is 0.341 e. The molecule has 0 saturated carbocycles. The quantitative estimate of drug-likeness (QED) is 0.428. The van der Waals surface area contributed by atoms with Crippen LogP contribution in [0.5, 0.6) is 0 Å². The predicted octanol–water partition coefficient (Wildman–Crippen LogP) is 4.90. The summed E-state index contributed by atoms with van der Waals surface area (Å²) in [7, 11) is -4.10. The Hall–Kier alpha value is -2.88. The highest BCUT2D eigenvalue weighted by molar-refractivity contribution is 7.92. The largest absolute Gasteiger partial charge is 0.462 e. The van der Waals surface area contributed by atoms with Crippen LogP contribution < -0.4 is 9.62 Å². The van der Waals surface area contributed by atoms with Gasteiger partial charge in [0.2, 0.25) is 5.91 Å². The predicted molar refractivity (Wildman–Crippen MR) is 133 cm³/mol. The molecule has 0 unspecified atom stereocenters. The Morgan fingerprint density at radius 1 is 1.09 bits per heavy atom. The van der Waals surface area contributed by atoms with Gasteiger partial charge in [0.1, 0.15) is 11.5 Å². The molecule has 0 saturated heterocycles. The van der Waals surface area contributed by atoms with Gasteiger partial charge < -0.3 is 10.1 Å². The van der Waals surface area contributed by atoms with Gasteiger partial charge in [-0.2, -0.15) is 0 Å². The van der Waals surface area contributed by atoms with E-state index < -0.39 is 28.4 Å². The molecule has 1 amide bonds. The molecule has 1 heterocycles. The highest BCUT2D eigenvalue weighted by Crippen LogP contribution is 2.39. The van der Waals surface area contributed by atoms with E-state index in [1.807, 2.05) is 0 Å². The van der Waals surface area contributed by atoms with E-state index in [-0.39, 0.29) is 22.2 Å². The summed E-state index contributed by atoms with van der Waals surface area (Å²) in [6.07, 6.45) is 2.51. The number of rotatable bonds is 8. The minimum absolute atomic E-state index is 0.0324.